The van der Waals surface area contributed by atoms with Crippen molar-refractivity contribution in [3.63, 3.8) is 0 Å². The van der Waals surface area contributed by atoms with Gasteiger partial charge < -0.3 is 14.4 Å². The molecule has 0 spiro atoms. The van der Waals surface area contributed by atoms with Crippen molar-refractivity contribution in [3.8, 4) is 0 Å². The number of piperazine rings is 1. The Morgan fingerprint density at radius 1 is 1.41 bits per heavy atom. The number of aromatic nitrogens is 1. The highest BCUT2D eigenvalue weighted by molar-refractivity contribution is 5.85. The standard InChI is InChI=1S/C11H17N3O3/c1-8(2)13-3-5-14(6-4-13)11-12-9(7-17-11)10(15)16/h7-8H,3-6H2,1-2H3,(H,15,16). The topological polar surface area (TPSA) is 69.8 Å². The lowest BCUT2D eigenvalue weighted by atomic mass is 10.2. The Hall–Kier alpha value is -1.56. The molecule has 2 heterocycles. The smallest absolute Gasteiger partial charge is 0.357 e. The van der Waals surface area contributed by atoms with Gasteiger partial charge in [0.15, 0.2) is 5.69 Å². The summed E-state index contributed by atoms with van der Waals surface area (Å²) in [6.45, 7) is 7.87. The molecule has 0 atom stereocenters. The molecule has 0 saturated carbocycles. The highest BCUT2D eigenvalue weighted by atomic mass is 16.4. The van der Waals surface area contributed by atoms with Gasteiger partial charge in [-0.05, 0) is 13.8 Å². The van der Waals surface area contributed by atoms with Crippen LogP contribution in [0.15, 0.2) is 10.7 Å². The van der Waals surface area contributed by atoms with Crippen molar-refractivity contribution >= 4 is 12.0 Å². The minimum Gasteiger partial charge on any atom is -0.476 e. The van der Waals surface area contributed by atoms with Gasteiger partial charge in [-0.2, -0.15) is 4.98 Å². The molecule has 0 aromatic carbocycles. The fourth-order valence-corrected chi connectivity index (χ4v) is 1.94. The zero-order valence-electron chi connectivity index (χ0n) is 10.1. The van der Waals surface area contributed by atoms with Gasteiger partial charge in [0.1, 0.15) is 6.26 Å². The van der Waals surface area contributed by atoms with Gasteiger partial charge in [0.05, 0.1) is 0 Å². The van der Waals surface area contributed by atoms with Gasteiger partial charge in [-0.1, -0.05) is 0 Å². The number of carbonyl (C=O) groups is 1. The molecule has 1 aliphatic heterocycles. The van der Waals surface area contributed by atoms with Crippen LogP contribution >= 0.6 is 0 Å². The first kappa shape index (κ1) is 11.9. The van der Waals surface area contributed by atoms with E-state index in [1.165, 1.54) is 6.26 Å². The van der Waals surface area contributed by atoms with Gasteiger partial charge in [-0.15, -0.1) is 0 Å². The van der Waals surface area contributed by atoms with E-state index in [0.717, 1.165) is 26.2 Å². The van der Waals surface area contributed by atoms with Crippen molar-refractivity contribution < 1.29 is 14.3 Å². The van der Waals surface area contributed by atoms with Gasteiger partial charge in [-0.3, -0.25) is 4.90 Å². The Bertz CT molecular complexity index is 394. The number of rotatable bonds is 3. The minimum absolute atomic E-state index is 0.0358. The summed E-state index contributed by atoms with van der Waals surface area (Å²) in [6.07, 6.45) is 1.19. The Balaban J connectivity index is 1.98. The lowest BCUT2D eigenvalue weighted by Gasteiger charge is -2.36. The Morgan fingerprint density at radius 3 is 2.53 bits per heavy atom. The van der Waals surface area contributed by atoms with Gasteiger partial charge in [0.2, 0.25) is 0 Å². The molecule has 17 heavy (non-hydrogen) atoms. The van der Waals surface area contributed by atoms with E-state index in [0.29, 0.717) is 12.1 Å². The van der Waals surface area contributed by atoms with Gasteiger partial charge in [0.25, 0.3) is 6.01 Å². The number of hydrogen-bond donors (Lipinski definition) is 1. The first-order valence-electron chi connectivity index (χ1n) is 5.75. The second kappa shape index (κ2) is 4.75. The van der Waals surface area contributed by atoms with Gasteiger partial charge in [0, 0.05) is 32.2 Å². The highest BCUT2D eigenvalue weighted by Crippen LogP contribution is 2.16. The molecule has 1 aromatic rings. The van der Waals surface area contributed by atoms with Crippen LogP contribution in [0.2, 0.25) is 0 Å². The van der Waals surface area contributed by atoms with Crippen molar-refractivity contribution in [2.75, 3.05) is 31.1 Å². The molecule has 1 N–H and O–H groups in total. The van der Waals surface area contributed by atoms with Crippen LogP contribution in [0.5, 0.6) is 0 Å². The van der Waals surface area contributed by atoms with Crippen LogP contribution in [-0.4, -0.2) is 53.2 Å². The summed E-state index contributed by atoms with van der Waals surface area (Å²) in [5.41, 5.74) is -0.0358. The van der Waals surface area contributed by atoms with E-state index in [1.807, 2.05) is 4.90 Å². The summed E-state index contributed by atoms with van der Waals surface area (Å²) >= 11 is 0. The van der Waals surface area contributed by atoms with E-state index in [1.54, 1.807) is 0 Å². The second-order valence-electron chi connectivity index (χ2n) is 4.44. The zero-order valence-corrected chi connectivity index (χ0v) is 10.1. The van der Waals surface area contributed by atoms with Gasteiger partial charge in [-0.25, -0.2) is 4.79 Å². The molecular weight excluding hydrogens is 222 g/mol. The van der Waals surface area contributed by atoms with Crippen LogP contribution in [0, 0.1) is 0 Å². The number of nitrogens with zero attached hydrogens (tertiary/aromatic N) is 3. The van der Waals surface area contributed by atoms with E-state index in [-0.39, 0.29) is 5.69 Å². The van der Waals surface area contributed by atoms with Crippen molar-refractivity contribution in [1.29, 1.82) is 0 Å². The number of hydrogen-bond acceptors (Lipinski definition) is 5. The van der Waals surface area contributed by atoms with Crippen molar-refractivity contribution in [2.24, 2.45) is 0 Å². The monoisotopic (exact) mass is 239 g/mol. The van der Waals surface area contributed by atoms with E-state index >= 15 is 0 Å². The lowest BCUT2D eigenvalue weighted by Crippen LogP contribution is -2.49. The Labute approximate surface area is 99.8 Å². The highest BCUT2D eigenvalue weighted by Gasteiger charge is 2.22. The number of carboxylic acids is 1. The summed E-state index contributed by atoms with van der Waals surface area (Å²) in [5.74, 6) is -1.05. The van der Waals surface area contributed by atoms with Crippen LogP contribution in [0.25, 0.3) is 0 Å². The second-order valence-corrected chi connectivity index (χ2v) is 4.44. The molecule has 6 heteroatoms. The number of carboxylic acid groups (broad SMARTS) is 1. The summed E-state index contributed by atoms with van der Waals surface area (Å²) in [4.78, 5) is 19.0. The van der Waals surface area contributed by atoms with Crippen LogP contribution in [-0.2, 0) is 0 Å². The lowest BCUT2D eigenvalue weighted by molar-refractivity contribution is 0.0690. The molecule has 0 bridgehead atoms. The first-order chi connectivity index (χ1) is 8.08. The maximum absolute atomic E-state index is 10.7. The number of aromatic carboxylic acids is 1. The molecule has 1 aliphatic rings. The average molecular weight is 239 g/mol. The fourth-order valence-electron chi connectivity index (χ4n) is 1.94. The van der Waals surface area contributed by atoms with E-state index in [2.05, 4.69) is 23.7 Å². The predicted octanol–water partition coefficient (Wildman–Crippen LogP) is 0.903. The number of oxazole rings is 1. The van der Waals surface area contributed by atoms with Crippen molar-refractivity contribution in [1.82, 2.24) is 9.88 Å². The Kier molecular flexibility index (Phi) is 3.33. The molecule has 0 amide bonds. The third-order valence-corrected chi connectivity index (χ3v) is 3.03. The SMILES string of the molecule is CC(C)N1CCN(c2nc(C(=O)O)co2)CC1. The largest absolute Gasteiger partial charge is 0.476 e. The van der Waals surface area contributed by atoms with Crippen LogP contribution in [0.1, 0.15) is 24.3 Å². The molecule has 6 nitrogen and oxygen atoms in total. The first-order valence-corrected chi connectivity index (χ1v) is 5.75. The fraction of sp³-hybridized carbons (Fsp3) is 0.636. The summed E-state index contributed by atoms with van der Waals surface area (Å²) in [5, 5.41) is 8.76. The van der Waals surface area contributed by atoms with Crippen LogP contribution in [0.3, 0.4) is 0 Å². The maximum atomic E-state index is 10.7. The summed E-state index contributed by atoms with van der Waals surface area (Å²) in [7, 11) is 0. The van der Waals surface area contributed by atoms with Crippen molar-refractivity contribution in [3.05, 3.63) is 12.0 Å². The van der Waals surface area contributed by atoms with Crippen LogP contribution in [0.4, 0.5) is 6.01 Å². The van der Waals surface area contributed by atoms with Crippen LogP contribution < -0.4 is 4.90 Å². The van der Waals surface area contributed by atoms with E-state index in [9.17, 15) is 4.79 Å². The molecule has 0 unspecified atom stereocenters. The number of anilines is 1. The maximum Gasteiger partial charge on any atom is 0.357 e. The van der Waals surface area contributed by atoms with E-state index < -0.39 is 5.97 Å². The minimum atomic E-state index is -1.05. The quantitative estimate of drug-likeness (QED) is 0.845. The molecule has 0 radical (unpaired) electrons. The predicted molar refractivity (Wildman–Crippen MR) is 62.4 cm³/mol. The molecule has 0 aliphatic carbocycles. The molecule has 2 rings (SSSR count). The van der Waals surface area contributed by atoms with E-state index in [4.69, 9.17) is 9.52 Å². The average Bonchev–Trinajstić information content (AvgIpc) is 2.78. The molecule has 1 aromatic heterocycles. The molecule has 1 saturated heterocycles. The van der Waals surface area contributed by atoms with Crippen molar-refractivity contribution in [2.45, 2.75) is 19.9 Å². The molecule has 94 valence electrons. The molecule has 1 fully saturated rings. The molecular formula is C11H17N3O3. The third kappa shape index (κ3) is 2.58. The zero-order chi connectivity index (χ0) is 12.4. The summed E-state index contributed by atoms with van der Waals surface area (Å²) < 4.78 is 5.18. The third-order valence-electron chi connectivity index (χ3n) is 3.03. The summed E-state index contributed by atoms with van der Waals surface area (Å²) in [6, 6.07) is 0.946. The normalized spacial score (nSPS) is 17.7. The Morgan fingerprint density at radius 2 is 2.06 bits per heavy atom. The van der Waals surface area contributed by atoms with Gasteiger partial charge >= 0.3 is 5.97 Å².